The average Bonchev–Trinajstić information content (AvgIpc) is 2.88. The van der Waals surface area contributed by atoms with Gasteiger partial charge < -0.3 is 0 Å². The Balaban J connectivity index is 1.36. The highest BCUT2D eigenvalue weighted by molar-refractivity contribution is 5.88. The van der Waals surface area contributed by atoms with Crippen LogP contribution in [0, 0.1) is 17.7 Å². The molecule has 0 N–H and O–H groups in total. The average molecular weight is 457 g/mol. The van der Waals surface area contributed by atoms with Crippen molar-refractivity contribution in [3.8, 4) is 11.1 Å². The van der Waals surface area contributed by atoms with Crippen LogP contribution < -0.4 is 0 Å². The van der Waals surface area contributed by atoms with Gasteiger partial charge in [-0.2, -0.15) is 0 Å². The molecule has 1 fully saturated rings. The Morgan fingerprint density at radius 2 is 1.53 bits per heavy atom. The zero-order valence-electron chi connectivity index (χ0n) is 21.0. The van der Waals surface area contributed by atoms with Crippen molar-refractivity contribution in [3.63, 3.8) is 0 Å². The van der Waals surface area contributed by atoms with E-state index in [0.29, 0.717) is 5.56 Å². The second-order valence-corrected chi connectivity index (χ2v) is 10.4. The fraction of sp³-hybridized carbons (Fsp3) is 0.455. The van der Waals surface area contributed by atoms with E-state index >= 15 is 4.39 Å². The van der Waals surface area contributed by atoms with E-state index < -0.39 is 0 Å². The van der Waals surface area contributed by atoms with E-state index in [2.05, 4.69) is 43.8 Å². The van der Waals surface area contributed by atoms with E-state index in [0.717, 1.165) is 47.4 Å². The minimum Gasteiger partial charge on any atom is -0.206 e. The second-order valence-electron chi connectivity index (χ2n) is 10.4. The lowest BCUT2D eigenvalue weighted by Gasteiger charge is -2.28. The smallest absolute Gasteiger partial charge is 0.138 e. The largest absolute Gasteiger partial charge is 0.206 e. The molecule has 1 saturated carbocycles. The molecule has 4 rings (SSSR count). The second kappa shape index (κ2) is 12.3. The fourth-order valence-corrected chi connectivity index (χ4v) is 5.70. The highest BCUT2D eigenvalue weighted by Crippen LogP contribution is 2.35. The predicted octanol–water partition coefficient (Wildman–Crippen LogP) is 10.1. The quantitative estimate of drug-likeness (QED) is 0.199. The van der Waals surface area contributed by atoms with Gasteiger partial charge in [-0.05, 0) is 59.6 Å². The summed E-state index contributed by atoms with van der Waals surface area (Å²) in [4.78, 5) is 0. The zero-order chi connectivity index (χ0) is 23.8. The van der Waals surface area contributed by atoms with Gasteiger partial charge in [0, 0.05) is 10.9 Å². The lowest BCUT2D eigenvalue weighted by atomic mass is 9.77. The van der Waals surface area contributed by atoms with Gasteiger partial charge in [0.05, 0.1) is 0 Å². The third kappa shape index (κ3) is 6.38. The highest BCUT2D eigenvalue weighted by Gasteiger charge is 2.20. The lowest BCUT2D eigenvalue weighted by molar-refractivity contribution is 0.249. The summed E-state index contributed by atoms with van der Waals surface area (Å²) in [6.07, 6.45) is 17.5. The maximum absolute atomic E-state index is 15.4. The molecule has 0 heterocycles. The number of benzene rings is 3. The minimum absolute atomic E-state index is 0.107. The number of aryl methyl sites for hydroxylation is 2. The number of fused-ring (bicyclic) bond motifs is 1. The van der Waals surface area contributed by atoms with Crippen molar-refractivity contribution >= 4 is 10.8 Å². The van der Waals surface area contributed by atoms with Crippen LogP contribution in [0.3, 0.4) is 0 Å². The lowest BCUT2D eigenvalue weighted by Crippen LogP contribution is -2.15. The van der Waals surface area contributed by atoms with Crippen LogP contribution in [0.2, 0.25) is 0 Å². The first-order chi connectivity index (χ1) is 16.7. The van der Waals surface area contributed by atoms with Gasteiger partial charge in [-0.1, -0.05) is 119 Å². The maximum Gasteiger partial charge on any atom is 0.138 e. The summed E-state index contributed by atoms with van der Waals surface area (Å²) in [5, 5.41) is 1.74. The number of allylic oxidation sites excluding steroid dienone is 1. The topological polar surface area (TPSA) is 0 Å². The Hall–Kier alpha value is -2.41. The molecule has 0 nitrogen and oxygen atoms in total. The maximum atomic E-state index is 15.4. The standard InChI is InChI=1S/C33H41F/c1-3-5-7-9-26-10-12-27(13-11-26)14-15-28-18-22-32-30(24-28)21-23-31(33(32)34)29-19-16-25(17-20-29)8-6-4-2/h4,16-24,26-27H,2-3,5-15H2,1H3/t26-,27-. The van der Waals surface area contributed by atoms with Crippen LogP contribution in [-0.4, -0.2) is 0 Å². The third-order valence-electron chi connectivity index (χ3n) is 7.94. The van der Waals surface area contributed by atoms with Crippen molar-refractivity contribution in [2.24, 2.45) is 11.8 Å². The Bertz CT molecular complexity index is 1050. The van der Waals surface area contributed by atoms with E-state index in [1.165, 1.54) is 68.9 Å². The van der Waals surface area contributed by atoms with Crippen LogP contribution in [0.15, 0.2) is 67.3 Å². The molecule has 180 valence electrons. The highest BCUT2D eigenvalue weighted by atomic mass is 19.1. The van der Waals surface area contributed by atoms with Gasteiger partial charge in [-0.15, -0.1) is 6.58 Å². The molecule has 0 aromatic heterocycles. The SMILES string of the molecule is C=CCCc1ccc(-c2ccc3cc(CC[C@H]4CC[C@H](CCCCC)CC4)ccc3c2F)cc1. The summed E-state index contributed by atoms with van der Waals surface area (Å²) in [5.74, 6) is 1.74. The monoisotopic (exact) mass is 456 g/mol. The van der Waals surface area contributed by atoms with Crippen LogP contribution in [0.1, 0.15) is 82.3 Å². The third-order valence-corrected chi connectivity index (χ3v) is 7.94. The van der Waals surface area contributed by atoms with Crippen LogP contribution in [0.4, 0.5) is 4.39 Å². The van der Waals surface area contributed by atoms with Crippen LogP contribution >= 0.6 is 0 Å². The number of halogens is 1. The van der Waals surface area contributed by atoms with Gasteiger partial charge >= 0.3 is 0 Å². The Morgan fingerprint density at radius 3 is 2.24 bits per heavy atom. The van der Waals surface area contributed by atoms with E-state index in [9.17, 15) is 0 Å². The first-order valence-electron chi connectivity index (χ1n) is 13.6. The molecule has 1 heteroatoms. The number of hydrogen-bond acceptors (Lipinski definition) is 0. The van der Waals surface area contributed by atoms with Gasteiger partial charge in [-0.3, -0.25) is 0 Å². The first kappa shape index (κ1) is 24.7. The Kier molecular flexibility index (Phi) is 8.97. The van der Waals surface area contributed by atoms with E-state index in [-0.39, 0.29) is 5.82 Å². The summed E-state index contributed by atoms with van der Waals surface area (Å²) < 4.78 is 15.4. The van der Waals surface area contributed by atoms with Gasteiger partial charge in [0.25, 0.3) is 0 Å². The number of rotatable bonds is 11. The molecule has 0 aliphatic heterocycles. The van der Waals surface area contributed by atoms with Gasteiger partial charge in [0.1, 0.15) is 5.82 Å². The molecular formula is C33H41F. The molecule has 0 saturated heterocycles. The molecule has 0 amide bonds. The Morgan fingerprint density at radius 1 is 0.824 bits per heavy atom. The van der Waals surface area contributed by atoms with Gasteiger partial charge in [-0.25, -0.2) is 4.39 Å². The summed E-state index contributed by atoms with van der Waals surface area (Å²) in [6, 6.07) is 18.7. The summed E-state index contributed by atoms with van der Waals surface area (Å²) in [5.41, 5.74) is 4.23. The minimum atomic E-state index is -0.107. The van der Waals surface area contributed by atoms with Crippen LogP contribution in [0.25, 0.3) is 21.9 Å². The summed E-state index contributed by atoms with van der Waals surface area (Å²) in [7, 11) is 0. The van der Waals surface area contributed by atoms with Crippen molar-refractivity contribution in [1.29, 1.82) is 0 Å². The molecular weight excluding hydrogens is 415 g/mol. The molecule has 0 radical (unpaired) electrons. The first-order valence-corrected chi connectivity index (χ1v) is 13.6. The van der Waals surface area contributed by atoms with Crippen molar-refractivity contribution in [1.82, 2.24) is 0 Å². The van der Waals surface area contributed by atoms with Crippen molar-refractivity contribution in [3.05, 3.63) is 84.2 Å². The fourth-order valence-electron chi connectivity index (χ4n) is 5.70. The predicted molar refractivity (Wildman–Crippen MR) is 146 cm³/mol. The van der Waals surface area contributed by atoms with E-state index in [4.69, 9.17) is 0 Å². The van der Waals surface area contributed by atoms with Gasteiger partial charge in [0.2, 0.25) is 0 Å². The zero-order valence-corrected chi connectivity index (χ0v) is 21.0. The normalized spacial score (nSPS) is 18.3. The van der Waals surface area contributed by atoms with Gasteiger partial charge in [0.15, 0.2) is 0 Å². The molecule has 0 atom stereocenters. The van der Waals surface area contributed by atoms with Crippen molar-refractivity contribution < 1.29 is 4.39 Å². The number of hydrogen-bond donors (Lipinski definition) is 0. The molecule has 3 aromatic carbocycles. The van der Waals surface area contributed by atoms with E-state index in [1.807, 2.05) is 30.3 Å². The van der Waals surface area contributed by atoms with Crippen LogP contribution in [0.5, 0.6) is 0 Å². The van der Waals surface area contributed by atoms with Crippen molar-refractivity contribution in [2.45, 2.75) is 84.0 Å². The molecule has 0 bridgehead atoms. The molecule has 3 aromatic rings. The molecule has 34 heavy (non-hydrogen) atoms. The summed E-state index contributed by atoms with van der Waals surface area (Å²) in [6.45, 7) is 6.08. The molecule has 0 spiro atoms. The Labute approximate surface area is 206 Å². The summed E-state index contributed by atoms with van der Waals surface area (Å²) >= 11 is 0. The van der Waals surface area contributed by atoms with Crippen LogP contribution in [-0.2, 0) is 12.8 Å². The molecule has 1 aliphatic rings. The van der Waals surface area contributed by atoms with Crippen molar-refractivity contribution in [2.75, 3.05) is 0 Å². The number of unbranched alkanes of at least 4 members (excludes halogenated alkanes) is 2. The van der Waals surface area contributed by atoms with E-state index in [1.54, 1.807) is 0 Å². The molecule has 0 unspecified atom stereocenters. The molecule has 1 aliphatic carbocycles.